The quantitative estimate of drug-likeness (QED) is 0.556. The van der Waals surface area contributed by atoms with Crippen molar-refractivity contribution >= 4 is 16.7 Å². The van der Waals surface area contributed by atoms with Gasteiger partial charge in [-0.15, -0.1) is 10.2 Å². The number of hydrogen-bond acceptors (Lipinski definition) is 6. The van der Waals surface area contributed by atoms with Gasteiger partial charge in [-0.25, -0.2) is 0 Å². The minimum atomic E-state index is -0.214. The zero-order valence-electron chi connectivity index (χ0n) is 15.2. The van der Waals surface area contributed by atoms with Crippen LogP contribution in [0, 0.1) is 0 Å². The lowest BCUT2D eigenvalue weighted by molar-refractivity contribution is -0.122. The van der Waals surface area contributed by atoms with Crippen LogP contribution in [0.1, 0.15) is 5.56 Å². The van der Waals surface area contributed by atoms with Gasteiger partial charge in [0.15, 0.2) is 0 Å². The zero-order chi connectivity index (χ0) is 19.3. The Morgan fingerprint density at radius 2 is 1.93 bits per heavy atom. The van der Waals surface area contributed by atoms with Gasteiger partial charge in [-0.05, 0) is 34.2 Å². The third kappa shape index (κ3) is 3.66. The van der Waals surface area contributed by atoms with E-state index >= 15 is 0 Å². The van der Waals surface area contributed by atoms with Crippen LogP contribution in [0.25, 0.3) is 22.2 Å². The fourth-order valence-electron chi connectivity index (χ4n) is 2.99. The van der Waals surface area contributed by atoms with Gasteiger partial charge in [0.1, 0.15) is 12.3 Å². The molecule has 1 amide bonds. The summed E-state index contributed by atoms with van der Waals surface area (Å²) in [6.45, 7) is 0.320. The highest BCUT2D eigenvalue weighted by atomic mass is 16.5. The van der Waals surface area contributed by atoms with Crippen LogP contribution >= 0.6 is 0 Å². The lowest BCUT2D eigenvalue weighted by Crippen LogP contribution is -2.28. The van der Waals surface area contributed by atoms with Crippen molar-refractivity contribution < 1.29 is 9.53 Å². The van der Waals surface area contributed by atoms with Gasteiger partial charge in [0, 0.05) is 30.1 Å². The fraction of sp³-hybridized carbons (Fsp3) is 0.150. The highest BCUT2D eigenvalue weighted by Gasteiger charge is 2.12. The third-order valence-corrected chi connectivity index (χ3v) is 4.36. The fourth-order valence-corrected chi connectivity index (χ4v) is 2.99. The van der Waals surface area contributed by atoms with Gasteiger partial charge in [0.2, 0.25) is 11.7 Å². The van der Waals surface area contributed by atoms with E-state index in [1.807, 2.05) is 36.4 Å². The molecule has 0 bridgehead atoms. The number of benzene rings is 2. The lowest BCUT2D eigenvalue weighted by Gasteiger charge is -2.13. The average molecular weight is 374 g/mol. The Hall–Kier alpha value is -3.81. The molecule has 28 heavy (non-hydrogen) atoms. The van der Waals surface area contributed by atoms with Crippen molar-refractivity contribution in [3.63, 3.8) is 0 Å². The summed E-state index contributed by atoms with van der Waals surface area (Å²) in [5.41, 5.74) is 1.72. The number of nitrogens with one attached hydrogen (secondary N) is 1. The smallest absolute Gasteiger partial charge is 0.243 e. The van der Waals surface area contributed by atoms with Crippen LogP contribution in [-0.4, -0.2) is 38.2 Å². The molecule has 0 unspecified atom stereocenters. The molecule has 4 aromatic rings. The molecule has 0 saturated heterocycles. The Balaban J connectivity index is 1.46. The van der Waals surface area contributed by atoms with Crippen molar-refractivity contribution in [3.05, 3.63) is 66.5 Å². The summed E-state index contributed by atoms with van der Waals surface area (Å²) < 4.78 is 5.46. The Kier molecular flexibility index (Phi) is 4.92. The Labute approximate surface area is 161 Å². The zero-order valence-corrected chi connectivity index (χ0v) is 15.2. The summed E-state index contributed by atoms with van der Waals surface area (Å²) in [4.78, 5) is 17.6. The molecular weight excluding hydrogens is 356 g/mol. The molecule has 140 valence electrons. The molecule has 2 aromatic heterocycles. The van der Waals surface area contributed by atoms with Crippen LogP contribution in [-0.2, 0) is 17.9 Å². The second-order valence-electron chi connectivity index (χ2n) is 6.12. The summed E-state index contributed by atoms with van der Waals surface area (Å²) in [7, 11) is 1.62. The maximum atomic E-state index is 12.4. The molecule has 0 fully saturated rings. The van der Waals surface area contributed by atoms with E-state index in [1.54, 1.807) is 31.6 Å². The number of carbonyl (C=O) groups is 1. The maximum Gasteiger partial charge on any atom is 0.243 e. The van der Waals surface area contributed by atoms with Gasteiger partial charge in [0.25, 0.3) is 0 Å². The van der Waals surface area contributed by atoms with E-state index in [0.29, 0.717) is 12.4 Å². The number of carbonyl (C=O) groups excluding carboxylic acids is 1. The molecule has 1 N–H and O–H groups in total. The number of pyridine rings is 1. The van der Waals surface area contributed by atoms with E-state index < -0.39 is 0 Å². The van der Waals surface area contributed by atoms with E-state index in [1.165, 1.54) is 4.80 Å². The highest BCUT2D eigenvalue weighted by molar-refractivity contribution is 5.88. The number of rotatable bonds is 6. The largest absolute Gasteiger partial charge is 0.496 e. The van der Waals surface area contributed by atoms with Crippen molar-refractivity contribution in [2.45, 2.75) is 13.1 Å². The molecule has 0 aliphatic rings. The first-order valence-electron chi connectivity index (χ1n) is 8.74. The number of nitrogens with zero attached hydrogens (tertiary/aromatic N) is 5. The predicted octanol–water partition coefficient (Wildman–Crippen LogP) is 2.21. The second-order valence-corrected chi connectivity index (χ2v) is 6.12. The lowest BCUT2D eigenvalue weighted by atomic mass is 10.0. The van der Waals surface area contributed by atoms with E-state index in [-0.39, 0.29) is 12.5 Å². The molecule has 4 rings (SSSR count). The van der Waals surface area contributed by atoms with Crippen molar-refractivity contribution in [2.24, 2.45) is 0 Å². The Morgan fingerprint density at radius 1 is 1.11 bits per heavy atom. The van der Waals surface area contributed by atoms with E-state index in [0.717, 1.165) is 27.6 Å². The summed E-state index contributed by atoms with van der Waals surface area (Å²) in [6, 6.07) is 15.5. The van der Waals surface area contributed by atoms with Gasteiger partial charge in [0.05, 0.1) is 7.11 Å². The average Bonchev–Trinajstić information content (AvgIpc) is 3.21. The minimum absolute atomic E-state index is 0.0227. The molecule has 0 aliphatic heterocycles. The van der Waals surface area contributed by atoms with Gasteiger partial charge in [-0.1, -0.05) is 30.3 Å². The van der Waals surface area contributed by atoms with Gasteiger partial charge in [-0.3, -0.25) is 9.78 Å². The summed E-state index contributed by atoms with van der Waals surface area (Å²) in [5.74, 6) is 0.970. The molecule has 0 atom stereocenters. The first kappa shape index (κ1) is 17.6. The number of aromatic nitrogens is 5. The maximum absolute atomic E-state index is 12.4. The van der Waals surface area contributed by atoms with Crippen LogP contribution in [0.2, 0.25) is 0 Å². The summed E-state index contributed by atoms with van der Waals surface area (Å²) in [5, 5.41) is 17.2. The van der Waals surface area contributed by atoms with Crippen LogP contribution in [0.4, 0.5) is 0 Å². The van der Waals surface area contributed by atoms with E-state index in [4.69, 9.17) is 4.74 Å². The molecule has 0 aliphatic carbocycles. The molecule has 0 radical (unpaired) electrons. The first-order chi connectivity index (χ1) is 13.7. The second kappa shape index (κ2) is 7.83. The first-order valence-corrected chi connectivity index (χ1v) is 8.74. The van der Waals surface area contributed by atoms with Crippen LogP contribution in [0.5, 0.6) is 5.75 Å². The van der Waals surface area contributed by atoms with Crippen molar-refractivity contribution in [2.75, 3.05) is 7.11 Å². The monoisotopic (exact) mass is 374 g/mol. The van der Waals surface area contributed by atoms with Gasteiger partial charge < -0.3 is 10.1 Å². The minimum Gasteiger partial charge on any atom is -0.496 e. The number of ether oxygens (including phenoxy) is 1. The Bertz CT molecular complexity index is 1110. The molecule has 0 saturated carbocycles. The summed E-state index contributed by atoms with van der Waals surface area (Å²) in [6.07, 6.45) is 3.31. The van der Waals surface area contributed by atoms with Crippen molar-refractivity contribution in [1.82, 2.24) is 30.5 Å². The number of amides is 1. The normalized spacial score (nSPS) is 10.8. The molecular formula is C20H18N6O2. The molecule has 0 spiro atoms. The van der Waals surface area contributed by atoms with Gasteiger partial charge in [-0.2, -0.15) is 4.80 Å². The van der Waals surface area contributed by atoms with Crippen molar-refractivity contribution in [3.8, 4) is 17.1 Å². The molecule has 8 heteroatoms. The number of tetrazole rings is 1. The molecule has 2 aromatic carbocycles. The van der Waals surface area contributed by atoms with Gasteiger partial charge >= 0.3 is 0 Å². The Morgan fingerprint density at radius 3 is 2.75 bits per heavy atom. The topological polar surface area (TPSA) is 94.8 Å². The molecule has 2 heterocycles. The summed E-state index contributed by atoms with van der Waals surface area (Å²) >= 11 is 0. The van der Waals surface area contributed by atoms with E-state index in [9.17, 15) is 4.79 Å². The van der Waals surface area contributed by atoms with Crippen LogP contribution in [0.15, 0.2) is 60.9 Å². The highest BCUT2D eigenvalue weighted by Crippen LogP contribution is 2.27. The standard InChI is InChI=1S/C20H18N6O2/c1-28-18-7-6-14-4-2-3-5-16(14)17(18)12-22-19(27)13-26-24-20(23-25-26)15-8-10-21-11-9-15/h2-11H,12-13H2,1H3,(H,22,27). The van der Waals surface area contributed by atoms with E-state index in [2.05, 4.69) is 25.7 Å². The predicted molar refractivity (Wildman–Crippen MR) is 103 cm³/mol. The van der Waals surface area contributed by atoms with Crippen molar-refractivity contribution in [1.29, 1.82) is 0 Å². The van der Waals surface area contributed by atoms with Crippen LogP contribution < -0.4 is 10.1 Å². The number of methoxy groups -OCH3 is 1. The molecule has 8 nitrogen and oxygen atoms in total. The van der Waals surface area contributed by atoms with Crippen LogP contribution in [0.3, 0.4) is 0 Å². The SMILES string of the molecule is COc1ccc2ccccc2c1CNC(=O)Cn1nnc(-c2ccncc2)n1. The number of fused-ring (bicyclic) bond motifs is 1. The number of hydrogen-bond donors (Lipinski definition) is 1. The third-order valence-electron chi connectivity index (χ3n) is 4.36.